The van der Waals surface area contributed by atoms with E-state index in [0.717, 1.165) is 28.0 Å². The second kappa shape index (κ2) is 8.86. The first-order chi connectivity index (χ1) is 16.4. The molecule has 0 atom stereocenters. The van der Waals surface area contributed by atoms with Gasteiger partial charge in [0.2, 0.25) is 0 Å². The Labute approximate surface area is 205 Å². The summed E-state index contributed by atoms with van der Waals surface area (Å²) in [5.74, 6) is -2.48. The number of rotatable bonds is 4. The standard InChI is InChI=1S/C24H16ClF3N2O4S/c1-29(2)21(31)18-10-17-20(35-18)14(12-6-8-13(9-7-12)23(33)34)11-30(17)22(32)19-15(24(26,27)28)4-3-5-16(19)25/h3-11H,1-2H3,(H,33,34). The van der Waals surface area contributed by atoms with Crippen molar-refractivity contribution in [2.45, 2.75) is 6.18 Å². The minimum Gasteiger partial charge on any atom is -0.478 e. The highest BCUT2D eigenvalue weighted by Crippen LogP contribution is 2.40. The van der Waals surface area contributed by atoms with Crippen molar-refractivity contribution in [2.75, 3.05) is 14.1 Å². The van der Waals surface area contributed by atoms with Crippen LogP contribution in [0.3, 0.4) is 0 Å². The lowest BCUT2D eigenvalue weighted by Crippen LogP contribution is -2.20. The summed E-state index contributed by atoms with van der Waals surface area (Å²) in [5, 5.41) is 8.80. The van der Waals surface area contributed by atoms with E-state index in [-0.39, 0.29) is 26.9 Å². The SMILES string of the molecule is CN(C)C(=O)c1cc2c(s1)c(-c1ccc(C(=O)O)cc1)cn2C(=O)c1c(Cl)cccc1C(F)(F)F. The van der Waals surface area contributed by atoms with Gasteiger partial charge in [0.05, 0.1) is 36.8 Å². The van der Waals surface area contributed by atoms with Crippen LogP contribution in [0.2, 0.25) is 5.02 Å². The van der Waals surface area contributed by atoms with Gasteiger partial charge in [-0.1, -0.05) is 29.8 Å². The second-order valence-corrected chi connectivity index (χ2v) is 9.24. The minimum absolute atomic E-state index is 0.0426. The number of halogens is 4. The van der Waals surface area contributed by atoms with Crippen LogP contribution in [0, 0.1) is 0 Å². The van der Waals surface area contributed by atoms with Crippen LogP contribution in [0.5, 0.6) is 0 Å². The maximum Gasteiger partial charge on any atom is 0.417 e. The quantitative estimate of drug-likeness (QED) is 0.351. The van der Waals surface area contributed by atoms with Gasteiger partial charge in [-0.3, -0.25) is 14.2 Å². The maximum atomic E-state index is 13.7. The number of hydrogen-bond acceptors (Lipinski definition) is 4. The average molecular weight is 521 g/mol. The summed E-state index contributed by atoms with van der Waals surface area (Å²) in [7, 11) is 3.10. The molecule has 35 heavy (non-hydrogen) atoms. The van der Waals surface area contributed by atoms with Crippen molar-refractivity contribution < 1.29 is 32.7 Å². The Hall–Kier alpha value is -3.63. The summed E-state index contributed by atoms with van der Waals surface area (Å²) in [4.78, 5) is 38.9. The van der Waals surface area contributed by atoms with E-state index in [4.69, 9.17) is 16.7 Å². The van der Waals surface area contributed by atoms with Crippen molar-refractivity contribution in [1.29, 1.82) is 0 Å². The number of nitrogens with zero attached hydrogens (tertiary/aromatic N) is 2. The maximum absolute atomic E-state index is 13.7. The third-order valence-electron chi connectivity index (χ3n) is 5.29. The highest BCUT2D eigenvalue weighted by Gasteiger charge is 2.37. The summed E-state index contributed by atoms with van der Waals surface area (Å²) in [6, 6.07) is 10.3. The van der Waals surface area contributed by atoms with E-state index < -0.39 is 29.2 Å². The van der Waals surface area contributed by atoms with E-state index in [1.54, 1.807) is 14.1 Å². The Bertz CT molecular complexity index is 1490. The van der Waals surface area contributed by atoms with Gasteiger partial charge in [-0.2, -0.15) is 13.2 Å². The molecule has 180 valence electrons. The highest BCUT2D eigenvalue weighted by molar-refractivity contribution is 7.21. The van der Waals surface area contributed by atoms with Crippen LogP contribution in [0.4, 0.5) is 13.2 Å². The van der Waals surface area contributed by atoms with E-state index in [9.17, 15) is 27.6 Å². The first-order valence-corrected chi connectivity index (χ1v) is 11.2. The average Bonchev–Trinajstić information content (AvgIpc) is 3.37. The molecule has 2 heterocycles. The Kier molecular flexibility index (Phi) is 6.20. The van der Waals surface area contributed by atoms with Crippen LogP contribution in [0.1, 0.15) is 36.0 Å². The fourth-order valence-corrected chi connectivity index (χ4v) is 5.06. The summed E-state index contributed by atoms with van der Waals surface area (Å²) in [6.07, 6.45) is -3.45. The number of thiophene rings is 1. The Morgan fingerprint density at radius 3 is 2.29 bits per heavy atom. The van der Waals surface area contributed by atoms with Gasteiger partial charge in [0.15, 0.2) is 0 Å². The van der Waals surface area contributed by atoms with Gasteiger partial charge >= 0.3 is 12.1 Å². The van der Waals surface area contributed by atoms with Crippen LogP contribution < -0.4 is 0 Å². The number of carboxylic acids is 1. The summed E-state index contributed by atoms with van der Waals surface area (Å²) in [6.45, 7) is 0. The third kappa shape index (κ3) is 4.42. The van der Waals surface area contributed by atoms with Gasteiger partial charge in [-0.15, -0.1) is 11.3 Å². The van der Waals surface area contributed by atoms with Gasteiger partial charge in [0, 0.05) is 25.9 Å². The van der Waals surface area contributed by atoms with Gasteiger partial charge in [-0.05, 0) is 35.9 Å². The third-order valence-corrected chi connectivity index (χ3v) is 6.75. The molecule has 0 aliphatic carbocycles. The predicted molar refractivity (Wildman–Crippen MR) is 126 cm³/mol. The highest BCUT2D eigenvalue weighted by atomic mass is 35.5. The van der Waals surface area contributed by atoms with Crippen LogP contribution in [-0.2, 0) is 6.18 Å². The van der Waals surface area contributed by atoms with E-state index in [1.165, 1.54) is 47.5 Å². The zero-order valence-corrected chi connectivity index (χ0v) is 19.8. The molecule has 0 saturated heterocycles. The van der Waals surface area contributed by atoms with Crippen molar-refractivity contribution >= 4 is 50.9 Å². The molecule has 2 aromatic heterocycles. The number of hydrogen-bond donors (Lipinski definition) is 1. The number of aromatic nitrogens is 1. The molecular weight excluding hydrogens is 505 g/mol. The lowest BCUT2D eigenvalue weighted by Gasteiger charge is -2.14. The number of aromatic carboxylic acids is 1. The summed E-state index contributed by atoms with van der Waals surface area (Å²) < 4.78 is 42.5. The smallest absolute Gasteiger partial charge is 0.417 e. The number of carboxylic acid groups (broad SMARTS) is 1. The number of fused-ring (bicyclic) bond motifs is 1. The molecule has 0 unspecified atom stereocenters. The summed E-state index contributed by atoms with van der Waals surface area (Å²) >= 11 is 7.13. The lowest BCUT2D eigenvalue weighted by atomic mass is 10.1. The fourth-order valence-electron chi connectivity index (χ4n) is 3.60. The van der Waals surface area contributed by atoms with Crippen LogP contribution in [0.15, 0.2) is 54.7 Å². The molecule has 0 spiro atoms. The minimum atomic E-state index is -4.82. The first-order valence-electron chi connectivity index (χ1n) is 10.0. The Balaban J connectivity index is 1.96. The largest absolute Gasteiger partial charge is 0.478 e. The monoisotopic (exact) mass is 520 g/mol. The molecular formula is C24H16ClF3N2O4S. The molecule has 0 fully saturated rings. The van der Waals surface area contributed by atoms with E-state index in [0.29, 0.717) is 15.8 Å². The predicted octanol–water partition coefficient (Wildman–Crippen LogP) is 6.13. The molecule has 0 aliphatic heterocycles. The molecule has 4 rings (SSSR count). The van der Waals surface area contributed by atoms with Crippen molar-refractivity contribution in [1.82, 2.24) is 9.47 Å². The van der Waals surface area contributed by atoms with Gasteiger partial charge < -0.3 is 10.0 Å². The second-order valence-electron chi connectivity index (χ2n) is 7.79. The van der Waals surface area contributed by atoms with Crippen LogP contribution >= 0.6 is 22.9 Å². The van der Waals surface area contributed by atoms with E-state index in [2.05, 4.69) is 0 Å². The van der Waals surface area contributed by atoms with Crippen molar-refractivity contribution in [3.8, 4) is 11.1 Å². The van der Waals surface area contributed by atoms with Crippen LogP contribution in [0.25, 0.3) is 21.3 Å². The number of benzene rings is 2. The molecule has 0 saturated carbocycles. The van der Waals surface area contributed by atoms with Crippen molar-refractivity contribution in [3.05, 3.63) is 81.3 Å². The van der Waals surface area contributed by atoms with Gasteiger partial charge in [0.25, 0.3) is 11.8 Å². The molecule has 2 aromatic carbocycles. The topological polar surface area (TPSA) is 79.6 Å². The number of alkyl halides is 3. The summed E-state index contributed by atoms with van der Waals surface area (Å²) in [5.41, 5.74) is -0.639. The van der Waals surface area contributed by atoms with Crippen molar-refractivity contribution in [3.63, 3.8) is 0 Å². The molecule has 11 heteroatoms. The van der Waals surface area contributed by atoms with Gasteiger partial charge in [0.1, 0.15) is 0 Å². The normalized spacial score (nSPS) is 11.6. The first kappa shape index (κ1) is 24.5. The number of carbonyl (C=O) groups is 3. The van der Waals surface area contributed by atoms with Gasteiger partial charge in [-0.25, -0.2) is 4.79 Å². The number of amides is 1. The molecule has 1 N–H and O–H groups in total. The fraction of sp³-hybridized carbons (Fsp3) is 0.125. The molecule has 6 nitrogen and oxygen atoms in total. The lowest BCUT2D eigenvalue weighted by molar-refractivity contribution is -0.137. The zero-order valence-electron chi connectivity index (χ0n) is 18.2. The molecule has 4 aromatic rings. The Morgan fingerprint density at radius 2 is 1.71 bits per heavy atom. The molecule has 0 bridgehead atoms. The van der Waals surface area contributed by atoms with E-state index in [1.807, 2.05) is 0 Å². The Morgan fingerprint density at radius 1 is 1.06 bits per heavy atom. The zero-order chi connectivity index (χ0) is 25.7. The van der Waals surface area contributed by atoms with E-state index >= 15 is 0 Å². The van der Waals surface area contributed by atoms with Crippen molar-refractivity contribution in [2.24, 2.45) is 0 Å². The number of carbonyl (C=O) groups excluding carboxylic acids is 2. The molecule has 1 amide bonds. The van der Waals surface area contributed by atoms with Crippen LogP contribution in [-0.4, -0.2) is 46.5 Å². The molecule has 0 aliphatic rings. The molecule has 0 radical (unpaired) electrons.